The van der Waals surface area contributed by atoms with Crippen LogP contribution in [0.4, 0.5) is 0 Å². The summed E-state index contributed by atoms with van der Waals surface area (Å²) in [6, 6.07) is 24.5. The van der Waals surface area contributed by atoms with Gasteiger partial charge in [0.15, 0.2) is 0 Å². The molecule has 1 aliphatic rings. The lowest BCUT2D eigenvalue weighted by Crippen LogP contribution is -2.39. The molecule has 0 N–H and O–H groups in total. The van der Waals surface area contributed by atoms with E-state index in [-0.39, 0.29) is 5.91 Å². The van der Waals surface area contributed by atoms with Crippen molar-refractivity contribution in [3.63, 3.8) is 0 Å². The number of carbonyl (C=O) groups is 1. The average Bonchev–Trinajstić information content (AvgIpc) is 2.85. The van der Waals surface area contributed by atoms with Gasteiger partial charge in [-0.15, -0.1) is 0 Å². The number of likely N-dealkylation sites (tertiary alicyclic amines) is 1. The molecular weight excluding hydrogens is 394 g/mol. The van der Waals surface area contributed by atoms with Crippen molar-refractivity contribution in [2.75, 3.05) is 13.1 Å². The number of amides is 1. The fourth-order valence-electron chi connectivity index (χ4n) is 4.62. The maximum absolute atomic E-state index is 13.7. The molecule has 1 amide bonds. The van der Waals surface area contributed by atoms with Crippen molar-refractivity contribution in [1.29, 1.82) is 0 Å². The van der Waals surface area contributed by atoms with Crippen LogP contribution in [0.2, 0.25) is 0 Å². The average molecular weight is 422 g/mol. The van der Waals surface area contributed by atoms with Crippen molar-refractivity contribution in [1.82, 2.24) is 14.9 Å². The van der Waals surface area contributed by atoms with Crippen LogP contribution in [0, 0.1) is 12.8 Å². The molecule has 0 spiro atoms. The van der Waals surface area contributed by atoms with E-state index in [2.05, 4.69) is 48.3 Å². The first kappa shape index (κ1) is 20.4. The second-order valence-corrected chi connectivity index (χ2v) is 8.72. The summed E-state index contributed by atoms with van der Waals surface area (Å²) in [5.74, 6) is 0.723. The Labute approximate surface area is 189 Å². The summed E-state index contributed by atoms with van der Waals surface area (Å²) in [5.41, 5.74) is 5.59. The molecule has 0 radical (unpaired) electrons. The van der Waals surface area contributed by atoms with Crippen LogP contribution in [-0.4, -0.2) is 33.9 Å². The Balaban J connectivity index is 1.41. The Morgan fingerprint density at radius 2 is 1.72 bits per heavy atom. The fourth-order valence-corrected chi connectivity index (χ4v) is 4.62. The highest BCUT2D eigenvalue weighted by Gasteiger charge is 2.25. The topological polar surface area (TPSA) is 46.1 Å². The van der Waals surface area contributed by atoms with Crippen molar-refractivity contribution in [3.05, 3.63) is 95.7 Å². The van der Waals surface area contributed by atoms with E-state index in [0.717, 1.165) is 65.8 Å². The number of piperidine rings is 1. The third-order valence-corrected chi connectivity index (χ3v) is 6.39. The second kappa shape index (κ2) is 8.91. The van der Waals surface area contributed by atoms with Crippen molar-refractivity contribution >= 4 is 16.8 Å². The second-order valence-electron chi connectivity index (χ2n) is 8.72. The minimum atomic E-state index is 0.0957. The van der Waals surface area contributed by atoms with Gasteiger partial charge in [-0.3, -0.25) is 9.78 Å². The van der Waals surface area contributed by atoms with Crippen LogP contribution < -0.4 is 0 Å². The monoisotopic (exact) mass is 421 g/mol. The number of hydrogen-bond donors (Lipinski definition) is 0. The van der Waals surface area contributed by atoms with E-state index in [1.807, 2.05) is 41.3 Å². The van der Waals surface area contributed by atoms with Gasteiger partial charge in [-0.05, 0) is 68.0 Å². The highest BCUT2D eigenvalue weighted by molar-refractivity contribution is 6.07. The fraction of sp³-hybridized carbons (Fsp3) is 0.250. The van der Waals surface area contributed by atoms with E-state index in [0.29, 0.717) is 5.92 Å². The van der Waals surface area contributed by atoms with Gasteiger partial charge in [0.25, 0.3) is 5.91 Å². The molecule has 0 unspecified atom stereocenters. The third-order valence-electron chi connectivity index (χ3n) is 6.39. The molecule has 1 aliphatic heterocycles. The minimum Gasteiger partial charge on any atom is -0.339 e. The van der Waals surface area contributed by atoms with Gasteiger partial charge >= 0.3 is 0 Å². The number of benzene rings is 2. The van der Waals surface area contributed by atoms with E-state index in [4.69, 9.17) is 4.98 Å². The Hall–Kier alpha value is -3.53. The van der Waals surface area contributed by atoms with Crippen LogP contribution >= 0.6 is 0 Å². The maximum Gasteiger partial charge on any atom is 0.254 e. The number of pyridine rings is 2. The van der Waals surface area contributed by atoms with Crippen LogP contribution in [0.1, 0.15) is 34.3 Å². The molecule has 0 saturated carbocycles. The SMILES string of the molecule is Cc1ccc2nc(-c3ccccn3)cc(C(=O)N3CCC(Cc4ccccc4)CC3)c2c1. The Kier molecular flexibility index (Phi) is 5.68. The minimum absolute atomic E-state index is 0.0957. The zero-order valence-electron chi connectivity index (χ0n) is 18.4. The molecule has 4 nitrogen and oxygen atoms in total. The molecule has 5 rings (SSSR count). The number of rotatable bonds is 4. The zero-order valence-corrected chi connectivity index (χ0v) is 18.4. The predicted octanol–water partition coefficient (Wildman–Crippen LogP) is 5.70. The molecule has 0 atom stereocenters. The number of nitrogens with zero attached hydrogens (tertiary/aromatic N) is 3. The highest BCUT2D eigenvalue weighted by atomic mass is 16.2. The molecule has 4 heteroatoms. The number of hydrogen-bond acceptors (Lipinski definition) is 3. The maximum atomic E-state index is 13.7. The molecule has 32 heavy (non-hydrogen) atoms. The van der Waals surface area contributed by atoms with Crippen LogP contribution in [0.25, 0.3) is 22.3 Å². The standard InChI is InChI=1S/C28H27N3O/c1-20-10-11-25-23(17-20)24(19-27(30-25)26-9-5-6-14-29-26)28(32)31-15-12-22(13-16-31)18-21-7-3-2-4-8-21/h2-11,14,17,19,22H,12-13,15-16,18H2,1H3. The highest BCUT2D eigenvalue weighted by Crippen LogP contribution is 2.28. The zero-order chi connectivity index (χ0) is 21.9. The number of aryl methyl sites for hydroxylation is 1. The Morgan fingerprint density at radius 1 is 0.938 bits per heavy atom. The number of aromatic nitrogens is 2. The third kappa shape index (κ3) is 4.26. The molecule has 2 aromatic heterocycles. The number of fused-ring (bicyclic) bond motifs is 1. The number of carbonyl (C=O) groups excluding carboxylic acids is 1. The van der Waals surface area contributed by atoms with E-state index in [9.17, 15) is 4.79 Å². The molecule has 2 aromatic carbocycles. The lowest BCUT2D eigenvalue weighted by Gasteiger charge is -2.32. The van der Waals surface area contributed by atoms with Gasteiger partial charge in [0.1, 0.15) is 0 Å². The Morgan fingerprint density at radius 3 is 2.47 bits per heavy atom. The van der Waals surface area contributed by atoms with Gasteiger partial charge in [-0.25, -0.2) is 4.98 Å². The van der Waals surface area contributed by atoms with Gasteiger partial charge in [0.2, 0.25) is 0 Å². The van der Waals surface area contributed by atoms with Crippen molar-refractivity contribution in [3.8, 4) is 11.4 Å². The van der Waals surface area contributed by atoms with Crippen LogP contribution in [0.15, 0.2) is 79.0 Å². The van der Waals surface area contributed by atoms with Crippen molar-refractivity contribution < 1.29 is 4.79 Å². The predicted molar refractivity (Wildman–Crippen MR) is 128 cm³/mol. The van der Waals surface area contributed by atoms with Crippen LogP contribution in [0.5, 0.6) is 0 Å². The van der Waals surface area contributed by atoms with Gasteiger partial charge in [-0.2, -0.15) is 0 Å². The first-order chi connectivity index (χ1) is 15.7. The van der Waals surface area contributed by atoms with Gasteiger partial charge in [0, 0.05) is 24.7 Å². The molecule has 0 aliphatic carbocycles. The van der Waals surface area contributed by atoms with Crippen molar-refractivity contribution in [2.45, 2.75) is 26.2 Å². The first-order valence-electron chi connectivity index (χ1n) is 11.3. The molecule has 3 heterocycles. The molecule has 1 fully saturated rings. The van der Waals surface area contributed by atoms with E-state index >= 15 is 0 Å². The van der Waals surface area contributed by atoms with Gasteiger partial charge in [-0.1, -0.05) is 48.0 Å². The normalized spacial score (nSPS) is 14.6. The lowest BCUT2D eigenvalue weighted by atomic mass is 9.90. The molecule has 160 valence electrons. The largest absolute Gasteiger partial charge is 0.339 e. The smallest absolute Gasteiger partial charge is 0.254 e. The summed E-state index contributed by atoms with van der Waals surface area (Å²) in [4.78, 5) is 24.9. The molecule has 1 saturated heterocycles. The molecule has 0 bridgehead atoms. The summed E-state index contributed by atoms with van der Waals surface area (Å²) in [6.45, 7) is 3.64. The Bertz CT molecular complexity index is 1230. The van der Waals surface area contributed by atoms with Crippen LogP contribution in [0.3, 0.4) is 0 Å². The van der Waals surface area contributed by atoms with E-state index < -0.39 is 0 Å². The molecule has 4 aromatic rings. The van der Waals surface area contributed by atoms with Gasteiger partial charge in [0.05, 0.1) is 22.5 Å². The summed E-state index contributed by atoms with van der Waals surface area (Å²) in [7, 11) is 0. The van der Waals surface area contributed by atoms with E-state index in [1.54, 1.807) is 6.20 Å². The van der Waals surface area contributed by atoms with Crippen LogP contribution in [-0.2, 0) is 6.42 Å². The quantitative estimate of drug-likeness (QED) is 0.425. The summed E-state index contributed by atoms with van der Waals surface area (Å²) in [5, 5.41) is 0.918. The molecular formula is C28H27N3O. The van der Waals surface area contributed by atoms with E-state index in [1.165, 1.54) is 5.56 Å². The van der Waals surface area contributed by atoms with Gasteiger partial charge < -0.3 is 4.90 Å². The summed E-state index contributed by atoms with van der Waals surface area (Å²) < 4.78 is 0. The lowest BCUT2D eigenvalue weighted by molar-refractivity contribution is 0.0692. The van der Waals surface area contributed by atoms with Crippen molar-refractivity contribution in [2.24, 2.45) is 5.92 Å². The summed E-state index contributed by atoms with van der Waals surface area (Å²) in [6.07, 6.45) is 4.92. The first-order valence-corrected chi connectivity index (χ1v) is 11.3. The summed E-state index contributed by atoms with van der Waals surface area (Å²) >= 11 is 0.